The molecule has 0 aliphatic rings. The van der Waals surface area contributed by atoms with Crippen LogP contribution < -0.4 is 5.32 Å². The van der Waals surface area contributed by atoms with Crippen molar-refractivity contribution in [1.82, 2.24) is 10.3 Å². The number of carbonyl (C=O) groups excluding carboxylic acids is 1. The molecule has 0 saturated carbocycles. The van der Waals surface area contributed by atoms with Crippen LogP contribution in [-0.2, 0) is 6.42 Å². The molecule has 1 atom stereocenters. The highest BCUT2D eigenvalue weighted by molar-refractivity contribution is 7.11. The van der Waals surface area contributed by atoms with E-state index in [0.29, 0.717) is 10.6 Å². The standard InChI is InChI=1S/C14H15ClN2OS/c1-9(7-11-4-3-10(2)19-11)17-14(18)12-5-6-16-8-13(12)15/h3-6,8-9H,7H2,1-2H3,(H,17,18). The second-order valence-corrected chi connectivity index (χ2v) is 6.23. The Morgan fingerprint density at radius 2 is 2.26 bits per heavy atom. The molecule has 1 amide bonds. The van der Waals surface area contributed by atoms with Gasteiger partial charge in [0.15, 0.2) is 0 Å². The molecule has 1 N–H and O–H groups in total. The first-order valence-electron chi connectivity index (χ1n) is 6.02. The van der Waals surface area contributed by atoms with Gasteiger partial charge in [-0.1, -0.05) is 11.6 Å². The van der Waals surface area contributed by atoms with Crippen LogP contribution in [0.1, 0.15) is 27.0 Å². The molecule has 0 aliphatic heterocycles. The monoisotopic (exact) mass is 294 g/mol. The van der Waals surface area contributed by atoms with E-state index in [1.807, 2.05) is 6.92 Å². The summed E-state index contributed by atoms with van der Waals surface area (Å²) in [7, 11) is 0. The van der Waals surface area contributed by atoms with Crippen LogP contribution in [0, 0.1) is 6.92 Å². The largest absolute Gasteiger partial charge is 0.349 e. The lowest BCUT2D eigenvalue weighted by Crippen LogP contribution is -2.34. The van der Waals surface area contributed by atoms with Crippen LogP contribution in [0.2, 0.25) is 5.02 Å². The third-order valence-electron chi connectivity index (χ3n) is 2.70. The lowest BCUT2D eigenvalue weighted by Gasteiger charge is -2.13. The number of thiophene rings is 1. The number of aryl methyl sites for hydroxylation is 1. The van der Waals surface area contributed by atoms with E-state index in [-0.39, 0.29) is 11.9 Å². The van der Waals surface area contributed by atoms with Gasteiger partial charge >= 0.3 is 0 Å². The van der Waals surface area contributed by atoms with E-state index in [0.717, 1.165) is 6.42 Å². The molecule has 0 spiro atoms. The van der Waals surface area contributed by atoms with Gasteiger partial charge in [-0.15, -0.1) is 11.3 Å². The zero-order valence-electron chi connectivity index (χ0n) is 10.8. The van der Waals surface area contributed by atoms with Gasteiger partial charge < -0.3 is 5.32 Å². The zero-order chi connectivity index (χ0) is 13.8. The van der Waals surface area contributed by atoms with E-state index < -0.39 is 0 Å². The molecule has 0 aliphatic carbocycles. The first kappa shape index (κ1) is 14.0. The number of aromatic nitrogens is 1. The van der Waals surface area contributed by atoms with Gasteiger partial charge in [-0.2, -0.15) is 0 Å². The maximum Gasteiger partial charge on any atom is 0.253 e. The Bertz CT molecular complexity index is 582. The number of nitrogens with zero attached hydrogens (tertiary/aromatic N) is 1. The molecule has 2 rings (SSSR count). The maximum absolute atomic E-state index is 12.1. The summed E-state index contributed by atoms with van der Waals surface area (Å²) in [6.45, 7) is 4.07. The number of hydrogen-bond donors (Lipinski definition) is 1. The summed E-state index contributed by atoms with van der Waals surface area (Å²) in [5.74, 6) is -0.159. The summed E-state index contributed by atoms with van der Waals surface area (Å²) in [5.41, 5.74) is 0.464. The molecular formula is C14H15ClN2OS. The van der Waals surface area contributed by atoms with Crippen molar-refractivity contribution in [2.24, 2.45) is 0 Å². The first-order valence-corrected chi connectivity index (χ1v) is 7.21. The van der Waals surface area contributed by atoms with Gasteiger partial charge in [0.1, 0.15) is 0 Å². The van der Waals surface area contributed by atoms with Crippen LogP contribution in [0.3, 0.4) is 0 Å². The van der Waals surface area contributed by atoms with Gasteiger partial charge in [-0.3, -0.25) is 9.78 Å². The Hall–Kier alpha value is -1.39. The fraction of sp³-hybridized carbons (Fsp3) is 0.286. The van der Waals surface area contributed by atoms with Crippen LogP contribution in [-0.4, -0.2) is 16.9 Å². The summed E-state index contributed by atoms with van der Waals surface area (Å²) < 4.78 is 0. The van der Waals surface area contributed by atoms with Crippen LogP contribution in [0.5, 0.6) is 0 Å². The lowest BCUT2D eigenvalue weighted by molar-refractivity contribution is 0.0940. The number of pyridine rings is 1. The van der Waals surface area contributed by atoms with E-state index in [4.69, 9.17) is 11.6 Å². The van der Waals surface area contributed by atoms with E-state index >= 15 is 0 Å². The normalized spacial score (nSPS) is 12.2. The number of rotatable bonds is 4. The van der Waals surface area contributed by atoms with E-state index in [9.17, 15) is 4.79 Å². The smallest absolute Gasteiger partial charge is 0.253 e. The fourth-order valence-corrected chi connectivity index (χ4v) is 3.03. The lowest BCUT2D eigenvalue weighted by atomic mass is 10.2. The Morgan fingerprint density at radius 1 is 1.47 bits per heavy atom. The Morgan fingerprint density at radius 3 is 2.89 bits per heavy atom. The van der Waals surface area contributed by atoms with Gasteiger partial charge in [0.25, 0.3) is 5.91 Å². The molecule has 2 heterocycles. The van der Waals surface area contributed by atoms with Crippen molar-refractivity contribution < 1.29 is 4.79 Å². The van der Waals surface area contributed by atoms with Gasteiger partial charge in [0.05, 0.1) is 10.6 Å². The van der Waals surface area contributed by atoms with Crippen LogP contribution in [0.25, 0.3) is 0 Å². The van der Waals surface area contributed by atoms with Crippen molar-refractivity contribution in [2.75, 3.05) is 0 Å². The maximum atomic E-state index is 12.1. The molecule has 1 unspecified atom stereocenters. The Kier molecular flexibility index (Phi) is 4.56. The first-order chi connectivity index (χ1) is 9.06. The molecule has 100 valence electrons. The minimum absolute atomic E-state index is 0.0646. The average molecular weight is 295 g/mol. The van der Waals surface area contributed by atoms with Crippen molar-refractivity contribution in [3.63, 3.8) is 0 Å². The predicted octanol–water partition coefficient (Wildman–Crippen LogP) is 3.47. The third kappa shape index (κ3) is 3.78. The number of hydrogen-bond acceptors (Lipinski definition) is 3. The van der Waals surface area contributed by atoms with Crippen LogP contribution in [0.15, 0.2) is 30.6 Å². The SMILES string of the molecule is Cc1ccc(CC(C)NC(=O)c2ccncc2Cl)s1. The van der Waals surface area contributed by atoms with Crippen molar-refractivity contribution >= 4 is 28.8 Å². The number of nitrogens with one attached hydrogen (secondary N) is 1. The number of halogens is 1. The minimum Gasteiger partial charge on any atom is -0.349 e. The second-order valence-electron chi connectivity index (χ2n) is 4.45. The van der Waals surface area contributed by atoms with E-state index in [1.165, 1.54) is 16.0 Å². The molecule has 3 nitrogen and oxygen atoms in total. The Labute approximate surface area is 121 Å². The van der Waals surface area contributed by atoms with Gasteiger partial charge in [-0.05, 0) is 32.0 Å². The highest BCUT2D eigenvalue weighted by Crippen LogP contribution is 2.17. The topological polar surface area (TPSA) is 42.0 Å². The predicted molar refractivity (Wildman–Crippen MR) is 78.9 cm³/mol. The zero-order valence-corrected chi connectivity index (χ0v) is 12.4. The summed E-state index contributed by atoms with van der Waals surface area (Å²) in [6.07, 6.45) is 3.87. The van der Waals surface area contributed by atoms with Gasteiger partial charge in [0, 0.05) is 34.6 Å². The Balaban J connectivity index is 1.97. The summed E-state index contributed by atoms with van der Waals surface area (Å²) in [5, 5.41) is 3.32. The summed E-state index contributed by atoms with van der Waals surface area (Å²) in [4.78, 5) is 18.5. The molecule has 0 fully saturated rings. The summed E-state index contributed by atoms with van der Waals surface area (Å²) in [6, 6.07) is 5.88. The molecule has 2 aromatic heterocycles. The van der Waals surface area contributed by atoms with Crippen molar-refractivity contribution in [1.29, 1.82) is 0 Å². The van der Waals surface area contributed by atoms with Gasteiger partial charge in [0.2, 0.25) is 0 Å². The molecule has 2 aromatic rings. The number of carbonyl (C=O) groups is 1. The third-order valence-corrected chi connectivity index (χ3v) is 4.02. The second kappa shape index (κ2) is 6.17. The average Bonchev–Trinajstić information content (AvgIpc) is 2.74. The highest BCUT2D eigenvalue weighted by Gasteiger charge is 2.13. The number of amides is 1. The molecule has 0 aromatic carbocycles. The quantitative estimate of drug-likeness (QED) is 0.938. The van der Waals surface area contributed by atoms with E-state index in [1.54, 1.807) is 23.6 Å². The molecule has 0 radical (unpaired) electrons. The molecule has 0 saturated heterocycles. The van der Waals surface area contributed by atoms with Crippen LogP contribution >= 0.6 is 22.9 Å². The molecule has 0 bridgehead atoms. The molecular weight excluding hydrogens is 280 g/mol. The van der Waals surface area contributed by atoms with Crippen molar-refractivity contribution in [2.45, 2.75) is 26.3 Å². The van der Waals surface area contributed by atoms with Gasteiger partial charge in [-0.25, -0.2) is 0 Å². The molecule has 19 heavy (non-hydrogen) atoms. The fourth-order valence-electron chi connectivity index (χ4n) is 1.81. The van der Waals surface area contributed by atoms with Crippen LogP contribution in [0.4, 0.5) is 0 Å². The van der Waals surface area contributed by atoms with Crippen molar-refractivity contribution in [3.05, 3.63) is 50.9 Å². The summed E-state index contributed by atoms with van der Waals surface area (Å²) >= 11 is 7.70. The van der Waals surface area contributed by atoms with Crippen molar-refractivity contribution in [3.8, 4) is 0 Å². The minimum atomic E-state index is -0.159. The highest BCUT2D eigenvalue weighted by atomic mass is 35.5. The van der Waals surface area contributed by atoms with E-state index in [2.05, 4.69) is 29.4 Å². The molecule has 5 heteroatoms.